The number of hydrogen-bond donors (Lipinski definition) is 1. The summed E-state index contributed by atoms with van der Waals surface area (Å²) in [5.74, 6) is 0.749. The fourth-order valence-corrected chi connectivity index (χ4v) is 2.84. The smallest absolute Gasteiger partial charge is 0.410 e. The molecular formula is C19H28N2O5. The first-order chi connectivity index (χ1) is 12.2. The molecule has 0 saturated carbocycles. The second-order valence-electron chi connectivity index (χ2n) is 7.32. The maximum absolute atomic E-state index is 12.6. The summed E-state index contributed by atoms with van der Waals surface area (Å²) in [7, 11) is 3.10. The van der Waals surface area contributed by atoms with E-state index in [0.717, 1.165) is 12.8 Å². The Labute approximate surface area is 154 Å². The van der Waals surface area contributed by atoms with Crippen molar-refractivity contribution in [3.63, 3.8) is 0 Å². The summed E-state index contributed by atoms with van der Waals surface area (Å²) < 4.78 is 15.9. The zero-order valence-corrected chi connectivity index (χ0v) is 16.1. The number of carbonyl (C=O) groups is 2. The molecule has 7 nitrogen and oxygen atoms in total. The molecule has 0 aliphatic carbocycles. The molecular weight excluding hydrogens is 336 g/mol. The third-order valence-electron chi connectivity index (χ3n) is 4.09. The van der Waals surface area contributed by atoms with Gasteiger partial charge >= 0.3 is 6.09 Å². The quantitative estimate of drug-likeness (QED) is 0.887. The van der Waals surface area contributed by atoms with Crippen LogP contribution in [0.15, 0.2) is 18.2 Å². The number of rotatable bonds is 4. The van der Waals surface area contributed by atoms with E-state index in [0.29, 0.717) is 30.3 Å². The minimum atomic E-state index is -0.550. The van der Waals surface area contributed by atoms with Gasteiger partial charge in [-0.3, -0.25) is 4.79 Å². The van der Waals surface area contributed by atoms with Crippen LogP contribution in [0.1, 0.15) is 33.6 Å². The number of benzene rings is 1. The van der Waals surface area contributed by atoms with E-state index in [1.807, 2.05) is 20.8 Å². The highest BCUT2D eigenvalue weighted by atomic mass is 16.6. The number of hydrogen-bond acceptors (Lipinski definition) is 5. The lowest BCUT2D eigenvalue weighted by molar-refractivity contribution is -0.121. The Bertz CT molecular complexity index is 654. The summed E-state index contributed by atoms with van der Waals surface area (Å²) in [6.45, 7) is 6.45. The minimum Gasteiger partial charge on any atom is -0.493 e. The van der Waals surface area contributed by atoms with Gasteiger partial charge in [0.05, 0.1) is 20.1 Å². The molecule has 0 aromatic heterocycles. The van der Waals surface area contributed by atoms with Crippen LogP contribution in [0.4, 0.5) is 10.5 Å². The molecule has 1 N–H and O–H groups in total. The van der Waals surface area contributed by atoms with Gasteiger partial charge in [0, 0.05) is 24.8 Å². The van der Waals surface area contributed by atoms with E-state index in [4.69, 9.17) is 14.2 Å². The molecule has 1 saturated heterocycles. The Morgan fingerprint density at radius 3 is 2.46 bits per heavy atom. The lowest BCUT2D eigenvalue weighted by atomic mass is 9.97. The van der Waals surface area contributed by atoms with Crippen LogP contribution < -0.4 is 14.8 Å². The molecule has 7 heteroatoms. The zero-order chi connectivity index (χ0) is 19.3. The van der Waals surface area contributed by atoms with Gasteiger partial charge in [-0.15, -0.1) is 0 Å². The summed E-state index contributed by atoms with van der Waals surface area (Å²) in [5.41, 5.74) is 0.0772. The third kappa shape index (κ3) is 5.28. The number of amides is 2. The maximum atomic E-state index is 12.6. The second-order valence-corrected chi connectivity index (χ2v) is 7.32. The van der Waals surface area contributed by atoms with Crippen LogP contribution in [0, 0.1) is 5.92 Å². The SMILES string of the molecule is COc1ccc(NC(=O)C2CCCN(C(=O)OC(C)(C)C)C2)cc1OC. The highest BCUT2D eigenvalue weighted by Crippen LogP contribution is 2.30. The third-order valence-corrected chi connectivity index (χ3v) is 4.09. The molecule has 2 rings (SSSR count). The predicted molar refractivity (Wildman–Crippen MR) is 98.7 cm³/mol. The highest BCUT2D eigenvalue weighted by Gasteiger charge is 2.31. The number of carbonyl (C=O) groups excluding carboxylic acids is 2. The fraction of sp³-hybridized carbons (Fsp3) is 0.579. The molecule has 0 spiro atoms. The number of likely N-dealkylation sites (tertiary alicyclic amines) is 1. The molecule has 0 radical (unpaired) electrons. The molecule has 1 aliphatic heterocycles. The largest absolute Gasteiger partial charge is 0.493 e. The summed E-state index contributed by atoms with van der Waals surface area (Å²) in [6.07, 6.45) is 1.13. The van der Waals surface area contributed by atoms with E-state index < -0.39 is 5.60 Å². The Balaban J connectivity index is 2.00. The lowest BCUT2D eigenvalue weighted by Crippen LogP contribution is -2.45. The second kappa shape index (κ2) is 8.29. The van der Waals surface area contributed by atoms with Crippen molar-refractivity contribution in [2.75, 3.05) is 32.6 Å². The Morgan fingerprint density at radius 2 is 1.85 bits per heavy atom. The Hall–Kier alpha value is -2.44. The van der Waals surface area contributed by atoms with Gasteiger partial charge in [-0.1, -0.05) is 0 Å². The number of nitrogens with one attached hydrogen (secondary N) is 1. The van der Waals surface area contributed by atoms with Gasteiger partial charge < -0.3 is 24.4 Å². The highest BCUT2D eigenvalue weighted by molar-refractivity contribution is 5.93. The molecule has 0 bridgehead atoms. The van der Waals surface area contributed by atoms with E-state index >= 15 is 0 Å². The van der Waals surface area contributed by atoms with E-state index in [1.54, 1.807) is 37.3 Å². The van der Waals surface area contributed by atoms with Crippen molar-refractivity contribution in [1.82, 2.24) is 4.90 Å². The molecule has 1 atom stereocenters. The van der Waals surface area contributed by atoms with E-state index in [-0.39, 0.29) is 17.9 Å². The van der Waals surface area contributed by atoms with Crippen LogP contribution in [0.5, 0.6) is 11.5 Å². The van der Waals surface area contributed by atoms with Crippen molar-refractivity contribution >= 4 is 17.7 Å². The molecule has 1 aliphatic rings. The monoisotopic (exact) mass is 364 g/mol. The van der Waals surface area contributed by atoms with E-state index in [9.17, 15) is 9.59 Å². The van der Waals surface area contributed by atoms with Crippen molar-refractivity contribution in [3.8, 4) is 11.5 Å². The molecule has 144 valence electrons. The van der Waals surface area contributed by atoms with E-state index in [2.05, 4.69) is 5.32 Å². The van der Waals surface area contributed by atoms with Crippen LogP contribution in [0.3, 0.4) is 0 Å². The predicted octanol–water partition coefficient (Wildman–Crippen LogP) is 3.29. The topological polar surface area (TPSA) is 77.1 Å². The average Bonchev–Trinajstić information content (AvgIpc) is 2.60. The molecule has 1 aromatic carbocycles. The summed E-state index contributed by atoms with van der Waals surface area (Å²) in [5, 5.41) is 2.89. The van der Waals surface area contributed by atoms with Gasteiger partial charge in [0.25, 0.3) is 0 Å². The first-order valence-electron chi connectivity index (χ1n) is 8.74. The van der Waals surface area contributed by atoms with Gasteiger partial charge in [-0.2, -0.15) is 0 Å². The number of piperidine rings is 1. The standard InChI is InChI=1S/C19H28N2O5/c1-19(2,3)26-18(23)21-10-6-7-13(12-21)17(22)20-14-8-9-15(24-4)16(11-14)25-5/h8-9,11,13H,6-7,10,12H2,1-5H3,(H,20,22). The summed E-state index contributed by atoms with van der Waals surface area (Å²) >= 11 is 0. The van der Waals surface area contributed by atoms with Gasteiger partial charge in [0.1, 0.15) is 5.60 Å². The average molecular weight is 364 g/mol. The van der Waals surface area contributed by atoms with Gasteiger partial charge in [-0.25, -0.2) is 4.79 Å². The Morgan fingerprint density at radius 1 is 1.15 bits per heavy atom. The first kappa shape index (κ1) is 19.9. The Kier molecular flexibility index (Phi) is 6.34. The maximum Gasteiger partial charge on any atom is 0.410 e. The van der Waals surface area contributed by atoms with Gasteiger partial charge in [-0.05, 0) is 45.7 Å². The summed E-state index contributed by atoms with van der Waals surface area (Å²) in [4.78, 5) is 26.5. The van der Waals surface area contributed by atoms with Gasteiger partial charge in [0.2, 0.25) is 5.91 Å². The van der Waals surface area contributed by atoms with Crippen molar-refractivity contribution in [2.45, 2.75) is 39.2 Å². The molecule has 2 amide bonds. The van der Waals surface area contributed by atoms with Crippen molar-refractivity contribution < 1.29 is 23.8 Å². The van der Waals surface area contributed by atoms with Crippen LogP contribution in [0.2, 0.25) is 0 Å². The van der Waals surface area contributed by atoms with Crippen LogP contribution in [-0.2, 0) is 9.53 Å². The molecule has 1 fully saturated rings. The summed E-state index contributed by atoms with van der Waals surface area (Å²) in [6, 6.07) is 5.21. The zero-order valence-electron chi connectivity index (χ0n) is 16.1. The molecule has 1 heterocycles. The fourth-order valence-electron chi connectivity index (χ4n) is 2.84. The number of methoxy groups -OCH3 is 2. The minimum absolute atomic E-state index is 0.120. The first-order valence-corrected chi connectivity index (χ1v) is 8.74. The van der Waals surface area contributed by atoms with Crippen molar-refractivity contribution in [2.24, 2.45) is 5.92 Å². The van der Waals surface area contributed by atoms with E-state index in [1.165, 1.54) is 0 Å². The number of anilines is 1. The molecule has 1 unspecified atom stereocenters. The normalized spacial score (nSPS) is 17.4. The van der Waals surface area contributed by atoms with Crippen LogP contribution in [0.25, 0.3) is 0 Å². The van der Waals surface area contributed by atoms with Gasteiger partial charge in [0.15, 0.2) is 11.5 Å². The lowest BCUT2D eigenvalue weighted by Gasteiger charge is -2.33. The molecule has 26 heavy (non-hydrogen) atoms. The molecule has 1 aromatic rings. The van der Waals surface area contributed by atoms with Crippen molar-refractivity contribution in [1.29, 1.82) is 0 Å². The van der Waals surface area contributed by atoms with Crippen molar-refractivity contribution in [3.05, 3.63) is 18.2 Å². The van der Waals surface area contributed by atoms with Crippen LogP contribution >= 0.6 is 0 Å². The number of ether oxygens (including phenoxy) is 3. The number of nitrogens with zero attached hydrogens (tertiary/aromatic N) is 1. The van der Waals surface area contributed by atoms with Crippen LogP contribution in [-0.4, -0.2) is 49.8 Å².